The van der Waals surface area contributed by atoms with Crippen LogP contribution in [0.1, 0.15) is 37.8 Å². The van der Waals surface area contributed by atoms with Crippen LogP contribution in [0.4, 0.5) is 4.79 Å². The van der Waals surface area contributed by atoms with Crippen LogP contribution in [0.5, 0.6) is 0 Å². The van der Waals surface area contributed by atoms with Crippen molar-refractivity contribution in [2.75, 3.05) is 13.6 Å². The number of benzene rings is 2. The van der Waals surface area contributed by atoms with E-state index in [0.717, 1.165) is 11.1 Å². The zero-order valence-electron chi connectivity index (χ0n) is 21.8. The molecule has 10 heteroatoms. The summed E-state index contributed by atoms with van der Waals surface area (Å²) in [6, 6.07) is 16.4. The zero-order valence-corrected chi connectivity index (χ0v) is 21.8. The molecule has 0 saturated carbocycles. The normalized spacial score (nSPS) is 21.3. The van der Waals surface area contributed by atoms with Gasteiger partial charge >= 0.3 is 6.09 Å². The molecule has 3 N–H and O–H groups in total. The fraction of sp³-hybridized carbons (Fsp3) is 0.393. The van der Waals surface area contributed by atoms with Crippen molar-refractivity contribution in [2.24, 2.45) is 16.6 Å². The number of nitrogens with one attached hydrogen (secondary N) is 1. The lowest BCUT2D eigenvalue weighted by molar-refractivity contribution is -0.141. The topological polar surface area (TPSA) is 134 Å². The molecule has 1 saturated heterocycles. The van der Waals surface area contributed by atoms with Gasteiger partial charge in [0.05, 0.1) is 6.54 Å². The van der Waals surface area contributed by atoms with E-state index in [1.54, 1.807) is 0 Å². The van der Waals surface area contributed by atoms with Crippen LogP contribution in [-0.4, -0.2) is 70.7 Å². The summed E-state index contributed by atoms with van der Waals surface area (Å²) in [5, 5.41) is 2.79. The highest BCUT2D eigenvalue weighted by Crippen LogP contribution is 2.35. The number of hydrogen-bond donors (Lipinski definition) is 2. The third kappa shape index (κ3) is 5.53. The van der Waals surface area contributed by atoms with Gasteiger partial charge in [0.2, 0.25) is 11.8 Å². The highest BCUT2D eigenvalue weighted by Gasteiger charge is 2.56. The molecule has 38 heavy (non-hydrogen) atoms. The number of ether oxygens (including phenoxy) is 1. The number of amides is 4. The first-order valence-electron chi connectivity index (χ1n) is 12.6. The van der Waals surface area contributed by atoms with Gasteiger partial charge in [-0.05, 0) is 17.9 Å². The number of primary amides is 1. The van der Waals surface area contributed by atoms with E-state index in [4.69, 9.17) is 10.5 Å². The van der Waals surface area contributed by atoms with E-state index in [1.165, 1.54) is 16.8 Å². The SMILES string of the molecule is CC(C)C[C@@H](C(=O)N1C[C@@]2(C[C@H]1C(N)=O)N=C(c1ccccc1)NC2=O)N(C)C(=O)OCc1ccccc1. The minimum Gasteiger partial charge on any atom is -0.445 e. The molecule has 0 unspecified atom stereocenters. The largest absolute Gasteiger partial charge is 0.445 e. The quantitative estimate of drug-likeness (QED) is 0.551. The predicted molar refractivity (Wildman–Crippen MR) is 141 cm³/mol. The third-order valence-electron chi connectivity index (χ3n) is 6.92. The number of likely N-dealkylation sites (N-methyl/N-ethyl adjacent to an activating group) is 1. The maximum atomic E-state index is 13.9. The molecule has 2 heterocycles. The van der Waals surface area contributed by atoms with Crippen molar-refractivity contribution >= 4 is 29.7 Å². The average molecular weight is 520 g/mol. The first-order chi connectivity index (χ1) is 18.1. The van der Waals surface area contributed by atoms with Gasteiger partial charge in [0.25, 0.3) is 5.91 Å². The fourth-order valence-electron chi connectivity index (χ4n) is 4.88. The van der Waals surface area contributed by atoms with E-state index in [0.29, 0.717) is 12.3 Å². The highest BCUT2D eigenvalue weighted by molar-refractivity contribution is 6.16. The summed E-state index contributed by atoms with van der Waals surface area (Å²) in [6.07, 6.45) is -0.372. The van der Waals surface area contributed by atoms with Gasteiger partial charge in [-0.25, -0.2) is 9.79 Å². The molecule has 4 rings (SSSR count). The second-order valence-corrected chi connectivity index (χ2v) is 10.2. The van der Waals surface area contributed by atoms with Crippen molar-refractivity contribution < 1.29 is 23.9 Å². The summed E-state index contributed by atoms with van der Waals surface area (Å²) in [5.74, 6) is -1.17. The summed E-state index contributed by atoms with van der Waals surface area (Å²) in [7, 11) is 1.50. The number of likely N-dealkylation sites (tertiary alicyclic amines) is 1. The molecule has 3 atom stereocenters. The number of amidine groups is 1. The van der Waals surface area contributed by atoms with Crippen LogP contribution in [0.3, 0.4) is 0 Å². The summed E-state index contributed by atoms with van der Waals surface area (Å²) >= 11 is 0. The monoisotopic (exact) mass is 519 g/mol. The number of rotatable bonds is 8. The molecule has 0 radical (unpaired) electrons. The number of hydrogen-bond acceptors (Lipinski definition) is 6. The molecule has 0 aromatic heterocycles. The van der Waals surface area contributed by atoms with Crippen LogP contribution in [0.2, 0.25) is 0 Å². The average Bonchev–Trinajstić information content (AvgIpc) is 3.46. The maximum Gasteiger partial charge on any atom is 0.410 e. The van der Waals surface area contributed by atoms with Gasteiger partial charge in [0.15, 0.2) is 5.54 Å². The minimum absolute atomic E-state index is 0.0349. The lowest BCUT2D eigenvalue weighted by Gasteiger charge is -2.33. The second-order valence-electron chi connectivity index (χ2n) is 10.2. The Kier molecular flexibility index (Phi) is 7.80. The fourth-order valence-corrected chi connectivity index (χ4v) is 4.88. The first-order valence-corrected chi connectivity index (χ1v) is 12.6. The predicted octanol–water partition coefficient (Wildman–Crippen LogP) is 2.07. The lowest BCUT2D eigenvalue weighted by atomic mass is 9.96. The van der Waals surface area contributed by atoms with Gasteiger partial charge in [-0.1, -0.05) is 74.5 Å². The van der Waals surface area contributed by atoms with Gasteiger partial charge in [0, 0.05) is 19.0 Å². The first kappa shape index (κ1) is 26.8. The number of aliphatic imine (C=N–C) groups is 1. The Morgan fingerprint density at radius 2 is 1.76 bits per heavy atom. The zero-order chi connectivity index (χ0) is 27.4. The Labute approximate surface area is 221 Å². The summed E-state index contributed by atoms with van der Waals surface area (Å²) in [4.78, 5) is 59.6. The highest BCUT2D eigenvalue weighted by atomic mass is 16.6. The van der Waals surface area contributed by atoms with Crippen LogP contribution in [0, 0.1) is 5.92 Å². The molecular formula is C28H33N5O5. The van der Waals surface area contributed by atoms with Crippen molar-refractivity contribution in [2.45, 2.75) is 50.9 Å². The van der Waals surface area contributed by atoms with Gasteiger partial charge in [0.1, 0.15) is 24.5 Å². The Balaban J connectivity index is 1.57. The molecule has 0 aliphatic carbocycles. The van der Waals surface area contributed by atoms with Crippen molar-refractivity contribution in [1.29, 1.82) is 0 Å². The van der Waals surface area contributed by atoms with Gasteiger partial charge in [-0.15, -0.1) is 0 Å². The Morgan fingerprint density at radius 1 is 1.13 bits per heavy atom. The third-order valence-corrected chi connectivity index (χ3v) is 6.92. The summed E-state index contributed by atoms with van der Waals surface area (Å²) < 4.78 is 5.45. The van der Waals surface area contributed by atoms with E-state index >= 15 is 0 Å². The number of nitrogens with zero attached hydrogens (tertiary/aromatic N) is 3. The lowest BCUT2D eigenvalue weighted by Crippen LogP contribution is -2.54. The Hall–Kier alpha value is -4.21. The molecule has 2 aromatic rings. The van der Waals surface area contributed by atoms with Crippen molar-refractivity contribution in [3.63, 3.8) is 0 Å². The number of carbonyl (C=O) groups excluding carboxylic acids is 4. The number of carbonyl (C=O) groups is 4. The van der Waals surface area contributed by atoms with Crippen LogP contribution >= 0.6 is 0 Å². The smallest absolute Gasteiger partial charge is 0.410 e. The number of nitrogens with two attached hydrogens (primary N) is 1. The molecule has 2 aliphatic rings. The molecule has 1 fully saturated rings. The van der Waals surface area contributed by atoms with Gasteiger partial charge < -0.3 is 20.7 Å². The van der Waals surface area contributed by atoms with Gasteiger partial charge in [-0.3, -0.25) is 19.3 Å². The molecule has 2 aliphatic heterocycles. The molecule has 4 amide bonds. The van der Waals surface area contributed by atoms with E-state index in [2.05, 4.69) is 10.3 Å². The minimum atomic E-state index is -1.34. The molecule has 10 nitrogen and oxygen atoms in total. The molecule has 0 bridgehead atoms. The van der Waals surface area contributed by atoms with Crippen LogP contribution in [0.15, 0.2) is 65.7 Å². The summed E-state index contributed by atoms with van der Waals surface area (Å²) in [5.41, 5.74) is 5.90. The maximum absolute atomic E-state index is 13.9. The molecule has 200 valence electrons. The molecule has 1 spiro atoms. The van der Waals surface area contributed by atoms with E-state index < -0.39 is 41.4 Å². The van der Waals surface area contributed by atoms with Crippen LogP contribution in [0.25, 0.3) is 0 Å². The van der Waals surface area contributed by atoms with Crippen molar-refractivity contribution in [3.05, 3.63) is 71.8 Å². The van der Waals surface area contributed by atoms with Crippen LogP contribution < -0.4 is 11.1 Å². The standard InChI is InChI=1S/C28H33N5O5/c1-18(2)14-21(32(3)27(37)38-16-19-10-6-4-7-11-19)25(35)33-17-28(15-22(33)23(29)34)26(36)30-24(31-28)20-12-8-5-9-13-20/h4-13,18,21-22H,14-17H2,1-3H3,(H2,29,34)(H,30,31,36)/t21-,22-,28+/m0/s1. The van der Waals surface area contributed by atoms with E-state index in [-0.39, 0.29) is 25.5 Å². The molecular weight excluding hydrogens is 486 g/mol. The van der Waals surface area contributed by atoms with Crippen molar-refractivity contribution in [3.8, 4) is 0 Å². The van der Waals surface area contributed by atoms with E-state index in [9.17, 15) is 19.2 Å². The Morgan fingerprint density at radius 3 is 2.37 bits per heavy atom. The molecule has 2 aromatic carbocycles. The van der Waals surface area contributed by atoms with Crippen molar-refractivity contribution in [1.82, 2.24) is 15.1 Å². The van der Waals surface area contributed by atoms with Gasteiger partial charge in [-0.2, -0.15) is 0 Å². The van der Waals surface area contributed by atoms with E-state index in [1.807, 2.05) is 74.5 Å². The summed E-state index contributed by atoms with van der Waals surface area (Å²) in [6.45, 7) is 3.80. The second kappa shape index (κ2) is 11.0. The van der Waals surface area contributed by atoms with Crippen LogP contribution in [-0.2, 0) is 25.7 Å². The Bertz CT molecular complexity index is 1230.